The molecule has 0 amide bonds. The number of rotatable bonds is 4. The molecule has 0 bridgehead atoms. The van der Waals surface area contributed by atoms with Crippen molar-refractivity contribution in [2.45, 2.75) is 11.3 Å². The number of thioether (sulfide) groups is 1. The number of para-hydroxylation sites is 2. The third kappa shape index (κ3) is 4.02. The van der Waals surface area contributed by atoms with Crippen LogP contribution in [0.1, 0.15) is 0 Å². The molecule has 4 rings (SSSR count). The average Bonchev–Trinajstić information content (AvgIpc) is 3.12. The Kier molecular flexibility index (Phi) is 5.31. The van der Waals surface area contributed by atoms with E-state index < -0.39 is 11.9 Å². The first-order chi connectivity index (χ1) is 13.7. The van der Waals surface area contributed by atoms with Gasteiger partial charge in [0.15, 0.2) is 12.2 Å². The topological polar surface area (TPSA) is 78.6 Å². The Morgan fingerprint density at radius 2 is 2.07 bits per heavy atom. The minimum Gasteiger partial charge on any atom is -0.453 e. The van der Waals surface area contributed by atoms with E-state index in [4.69, 9.17) is 13.9 Å². The van der Waals surface area contributed by atoms with Gasteiger partial charge in [0, 0.05) is 5.92 Å². The summed E-state index contributed by atoms with van der Waals surface area (Å²) in [6, 6.07) is 7.51. The van der Waals surface area contributed by atoms with Crippen molar-refractivity contribution < 1.29 is 23.5 Å². The lowest BCUT2D eigenvalue weighted by Crippen LogP contribution is -2.33. The number of hydrogen-bond acceptors (Lipinski definition) is 7. The Morgan fingerprint density at radius 1 is 1.21 bits per heavy atom. The highest BCUT2D eigenvalue weighted by atomic mass is 32.2. The van der Waals surface area contributed by atoms with Crippen LogP contribution in [0.15, 0.2) is 69.9 Å². The summed E-state index contributed by atoms with van der Waals surface area (Å²) in [6.07, 6.45) is 8.52. The van der Waals surface area contributed by atoms with E-state index >= 15 is 0 Å². The summed E-state index contributed by atoms with van der Waals surface area (Å²) in [6.45, 7) is -0.110. The zero-order valence-electron chi connectivity index (χ0n) is 14.7. The van der Waals surface area contributed by atoms with E-state index in [1.807, 2.05) is 36.4 Å². The summed E-state index contributed by atoms with van der Waals surface area (Å²) >= 11 is 1.35. The lowest BCUT2D eigenvalue weighted by molar-refractivity contribution is -0.150. The SMILES string of the molecule is O=C(OCC#CCSc1nc2ccccc2o1)C1=C[C@@H]2C=CC=C[C@@H]2OC1=O. The third-order valence-electron chi connectivity index (χ3n) is 4.11. The highest BCUT2D eigenvalue weighted by molar-refractivity contribution is 7.99. The molecule has 0 N–H and O–H groups in total. The molecule has 28 heavy (non-hydrogen) atoms. The maximum Gasteiger partial charge on any atom is 0.346 e. The van der Waals surface area contributed by atoms with Crippen LogP contribution in [0.4, 0.5) is 0 Å². The van der Waals surface area contributed by atoms with E-state index in [1.54, 1.807) is 18.2 Å². The number of ether oxygens (including phenoxy) is 2. The number of carbonyl (C=O) groups is 2. The second-order valence-corrected chi connectivity index (χ2v) is 6.89. The van der Waals surface area contributed by atoms with Crippen molar-refractivity contribution in [2.75, 3.05) is 12.4 Å². The molecule has 1 aromatic heterocycles. The molecule has 2 aliphatic rings. The van der Waals surface area contributed by atoms with Gasteiger partial charge in [-0.1, -0.05) is 60.0 Å². The van der Waals surface area contributed by atoms with Crippen molar-refractivity contribution in [3.8, 4) is 11.8 Å². The van der Waals surface area contributed by atoms with Gasteiger partial charge < -0.3 is 13.9 Å². The number of nitrogens with zero attached hydrogens (tertiary/aromatic N) is 1. The molecule has 2 aromatic rings. The van der Waals surface area contributed by atoms with Crippen molar-refractivity contribution in [3.05, 3.63) is 60.2 Å². The Bertz CT molecular complexity index is 1040. The summed E-state index contributed by atoms with van der Waals surface area (Å²) in [4.78, 5) is 28.4. The lowest BCUT2D eigenvalue weighted by atomic mass is 9.93. The zero-order valence-corrected chi connectivity index (χ0v) is 15.5. The maximum atomic E-state index is 12.1. The molecular weight excluding hydrogens is 378 g/mol. The van der Waals surface area contributed by atoms with Crippen molar-refractivity contribution >= 4 is 34.8 Å². The average molecular weight is 393 g/mol. The highest BCUT2D eigenvalue weighted by Crippen LogP contribution is 2.25. The van der Waals surface area contributed by atoms with Gasteiger partial charge in [0.2, 0.25) is 0 Å². The third-order valence-corrected chi connectivity index (χ3v) is 4.82. The Hall–Kier alpha value is -3.24. The van der Waals surface area contributed by atoms with Gasteiger partial charge >= 0.3 is 11.9 Å². The molecular formula is C21H15NO5S. The van der Waals surface area contributed by atoms with Gasteiger partial charge in [0.1, 0.15) is 17.2 Å². The Labute approximate surface area is 165 Å². The molecule has 1 aliphatic carbocycles. The predicted molar refractivity (Wildman–Crippen MR) is 103 cm³/mol. The van der Waals surface area contributed by atoms with E-state index in [2.05, 4.69) is 16.8 Å². The molecule has 1 aromatic carbocycles. The molecule has 140 valence electrons. The minimum absolute atomic E-state index is 0.0937. The van der Waals surface area contributed by atoms with Crippen LogP contribution in [0.2, 0.25) is 0 Å². The molecule has 2 heterocycles. The second-order valence-electron chi connectivity index (χ2n) is 5.96. The fourth-order valence-corrected chi connectivity index (χ4v) is 3.37. The number of allylic oxidation sites excluding steroid dienone is 2. The number of aromatic nitrogens is 1. The first kappa shape index (κ1) is 18.1. The number of esters is 2. The van der Waals surface area contributed by atoms with Crippen LogP contribution in [0.3, 0.4) is 0 Å². The van der Waals surface area contributed by atoms with Gasteiger partial charge in [0.05, 0.1) is 5.75 Å². The van der Waals surface area contributed by atoms with Gasteiger partial charge in [0.25, 0.3) is 5.22 Å². The number of benzene rings is 1. The van der Waals surface area contributed by atoms with Crippen LogP contribution in [-0.4, -0.2) is 35.4 Å². The van der Waals surface area contributed by atoms with E-state index in [9.17, 15) is 9.59 Å². The van der Waals surface area contributed by atoms with E-state index in [0.29, 0.717) is 11.0 Å². The van der Waals surface area contributed by atoms with Gasteiger partial charge in [-0.15, -0.1) is 0 Å². The van der Waals surface area contributed by atoms with E-state index in [-0.39, 0.29) is 24.2 Å². The largest absolute Gasteiger partial charge is 0.453 e. The number of fused-ring (bicyclic) bond motifs is 2. The summed E-state index contributed by atoms with van der Waals surface area (Å²) in [5, 5.41) is 0.534. The maximum absolute atomic E-state index is 12.1. The van der Waals surface area contributed by atoms with Gasteiger partial charge in [-0.05, 0) is 18.2 Å². The fourth-order valence-electron chi connectivity index (χ4n) is 2.76. The van der Waals surface area contributed by atoms with Crippen LogP contribution in [0.25, 0.3) is 11.1 Å². The molecule has 0 fully saturated rings. The number of oxazole rings is 1. The number of carbonyl (C=O) groups excluding carboxylic acids is 2. The standard InChI is InChI=1S/C21H15NO5S/c23-19(15-13-14-7-1-3-9-17(14)26-20(15)24)25-11-5-6-12-28-21-22-16-8-2-4-10-18(16)27-21/h1-4,7-10,13-14,17H,11-12H2/t14-,17-/m0/s1. The summed E-state index contributed by atoms with van der Waals surface area (Å²) in [5.41, 5.74) is 1.43. The van der Waals surface area contributed by atoms with Crippen LogP contribution >= 0.6 is 11.8 Å². The molecule has 0 radical (unpaired) electrons. The molecule has 1 aliphatic heterocycles. The van der Waals surface area contributed by atoms with Gasteiger partial charge in [-0.3, -0.25) is 0 Å². The van der Waals surface area contributed by atoms with Crippen LogP contribution in [0, 0.1) is 17.8 Å². The summed E-state index contributed by atoms with van der Waals surface area (Å²) in [7, 11) is 0. The zero-order chi connectivity index (χ0) is 19.3. The predicted octanol–water partition coefficient (Wildman–Crippen LogP) is 3.06. The molecule has 2 atom stereocenters. The molecule has 0 saturated carbocycles. The van der Waals surface area contributed by atoms with Crippen LogP contribution in [0.5, 0.6) is 0 Å². The van der Waals surface area contributed by atoms with Gasteiger partial charge in [-0.25, -0.2) is 14.6 Å². The lowest BCUT2D eigenvalue weighted by Gasteiger charge is -2.26. The van der Waals surface area contributed by atoms with Crippen molar-refractivity contribution in [1.82, 2.24) is 4.98 Å². The molecule has 0 unspecified atom stereocenters. The van der Waals surface area contributed by atoms with E-state index in [1.165, 1.54) is 11.8 Å². The molecule has 0 saturated heterocycles. The van der Waals surface area contributed by atoms with Crippen LogP contribution < -0.4 is 0 Å². The molecule has 0 spiro atoms. The Morgan fingerprint density at radius 3 is 2.96 bits per heavy atom. The second kappa shape index (κ2) is 8.19. The monoisotopic (exact) mass is 393 g/mol. The minimum atomic E-state index is -0.729. The highest BCUT2D eigenvalue weighted by Gasteiger charge is 2.33. The van der Waals surface area contributed by atoms with Crippen LogP contribution in [-0.2, 0) is 19.1 Å². The quantitative estimate of drug-likeness (QED) is 0.342. The molecule has 6 nitrogen and oxygen atoms in total. The number of hydrogen-bond donors (Lipinski definition) is 0. The van der Waals surface area contributed by atoms with Crippen molar-refractivity contribution in [1.29, 1.82) is 0 Å². The van der Waals surface area contributed by atoms with Crippen molar-refractivity contribution in [3.63, 3.8) is 0 Å². The smallest absolute Gasteiger partial charge is 0.346 e. The van der Waals surface area contributed by atoms with E-state index in [0.717, 1.165) is 11.1 Å². The molecule has 7 heteroatoms. The Balaban J connectivity index is 1.26. The fraction of sp³-hybridized carbons (Fsp3) is 0.190. The first-order valence-corrected chi connectivity index (χ1v) is 9.58. The van der Waals surface area contributed by atoms with Crippen molar-refractivity contribution in [2.24, 2.45) is 5.92 Å². The first-order valence-electron chi connectivity index (χ1n) is 8.60. The normalized spacial score (nSPS) is 20.0. The van der Waals surface area contributed by atoms with Gasteiger partial charge in [-0.2, -0.15) is 0 Å². The summed E-state index contributed by atoms with van der Waals surface area (Å²) < 4.78 is 15.9. The summed E-state index contributed by atoms with van der Waals surface area (Å²) in [5.74, 6) is 4.50.